The minimum absolute atomic E-state index is 0. The fourth-order valence-corrected chi connectivity index (χ4v) is 3.79. The van der Waals surface area contributed by atoms with E-state index in [1.165, 1.54) is 51.4 Å². The molecule has 1 unspecified atom stereocenters. The maximum atomic E-state index is 11.7. The fraction of sp³-hybridized carbons (Fsp3) is 0.818. The molecule has 0 heterocycles. The van der Waals surface area contributed by atoms with E-state index < -0.39 is 33.7 Å². The number of primary amides is 1. The molecule has 1 amide bonds. The first-order valence-electron chi connectivity index (χ1n) is 11.3. The Hall–Kier alpha value is -0.410. The molecule has 7 nitrogen and oxygen atoms in total. The third-order valence-electron chi connectivity index (χ3n) is 4.91. The molecule has 0 fully saturated rings. The summed E-state index contributed by atoms with van der Waals surface area (Å²) in [7, 11) is -4.71. The van der Waals surface area contributed by atoms with E-state index in [-0.39, 0.29) is 36.2 Å². The molecule has 1 atom stereocenters. The maximum absolute atomic E-state index is 11.7. The molecule has 0 saturated carbocycles. The summed E-state index contributed by atoms with van der Waals surface area (Å²) in [6, 6.07) is 0. The molecule has 0 aromatic carbocycles. The number of unbranched alkanes of at least 4 members (excludes halogenated alkanes) is 12. The van der Waals surface area contributed by atoms with Crippen molar-refractivity contribution in [2.45, 2.75) is 108 Å². The van der Waals surface area contributed by atoms with Gasteiger partial charge in [0.25, 0.3) is 10.1 Å². The number of hydrogen-bond acceptors (Lipinski definition) is 5. The van der Waals surface area contributed by atoms with Crippen LogP contribution in [0.1, 0.15) is 103 Å². The van der Waals surface area contributed by atoms with Crippen molar-refractivity contribution in [2.24, 2.45) is 5.73 Å². The number of esters is 1. The van der Waals surface area contributed by atoms with Gasteiger partial charge in [-0.15, -0.1) is 0 Å². The van der Waals surface area contributed by atoms with Crippen LogP contribution >= 0.6 is 0 Å². The van der Waals surface area contributed by atoms with Crippen LogP contribution in [0.15, 0.2) is 12.2 Å². The second-order valence-corrected chi connectivity index (χ2v) is 9.38. The van der Waals surface area contributed by atoms with Gasteiger partial charge in [0.1, 0.15) is 0 Å². The van der Waals surface area contributed by atoms with Gasteiger partial charge in [0.2, 0.25) is 5.91 Å². The number of amides is 1. The molecule has 1 radical (unpaired) electrons. The predicted octanol–water partition coefficient (Wildman–Crippen LogP) is 4.32. The molecule has 0 bridgehead atoms. The van der Waals surface area contributed by atoms with Gasteiger partial charge < -0.3 is 10.5 Å². The van der Waals surface area contributed by atoms with Crippen LogP contribution in [-0.4, -0.2) is 66.3 Å². The zero-order valence-corrected chi connectivity index (χ0v) is 22.3. The number of nitrogens with two attached hydrogens (primary N) is 1. The van der Waals surface area contributed by atoms with Crippen molar-refractivity contribution in [3.05, 3.63) is 12.2 Å². The summed E-state index contributed by atoms with van der Waals surface area (Å²) in [5.74, 6) is -2.13. The summed E-state index contributed by atoms with van der Waals surface area (Å²) in [6.45, 7) is 2.30. The Morgan fingerprint density at radius 1 is 0.871 bits per heavy atom. The Morgan fingerprint density at radius 2 is 1.32 bits per heavy atom. The fourth-order valence-electron chi connectivity index (χ4n) is 3.11. The van der Waals surface area contributed by atoms with Crippen molar-refractivity contribution in [3.63, 3.8) is 0 Å². The summed E-state index contributed by atoms with van der Waals surface area (Å²) >= 11 is 0. The standard InChI is InChI=1S/C22H41NO6S.Na/c1-2-3-4-5-6-7-8-9-10-11-12-13-14-15-16-17-18-29-22(25)20(19-21(23)24)30(26,27)28;/h9-10,20H,2-8,11-19H2,1H3,(H2,23,24)(H,26,27,28);. The van der Waals surface area contributed by atoms with Gasteiger partial charge in [-0.2, -0.15) is 8.42 Å². The summed E-state index contributed by atoms with van der Waals surface area (Å²) in [4.78, 5) is 22.5. The molecule has 0 aromatic heterocycles. The van der Waals surface area contributed by atoms with E-state index >= 15 is 0 Å². The molecule has 9 heteroatoms. The van der Waals surface area contributed by atoms with Gasteiger partial charge in [-0.25, -0.2) is 0 Å². The monoisotopic (exact) mass is 470 g/mol. The van der Waals surface area contributed by atoms with Crippen molar-refractivity contribution in [3.8, 4) is 0 Å². The summed E-state index contributed by atoms with van der Waals surface area (Å²) in [5.41, 5.74) is 4.90. The summed E-state index contributed by atoms with van der Waals surface area (Å²) < 4.78 is 36.1. The molecular weight excluding hydrogens is 429 g/mol. The zero-order valence-electron chi connectivity index (χ0n) is 19.5. The normalized spacial score (nSPS) is 12.5. The SMILES string of the molecule is CCCCCCCCC=CCCCCCCCCOC(=O)C(CC(N)=O)S(=O)(=O)O.[Na]. The van der Waals surface area contributed by atoms with Crippen LogP contribution in [0.5, 0.6) is 0 Å². The van der Waals surface area contributed by atoms with Gasteiger partial charge >= 0.3 is 5.97 Å². The van der Waals surface area contributed by atoms with Gasteiger partial charge in [0.15, 0.2) is 5.25 Å². The second-order valence-electron chi connectivity index (χ2n) is 7.78. The first-order valence-corrected chi connectivity index (χ1v) is 12.9. The number of carbonyl (C=O) groups is 2. The van der Waals surface area contributed by atoms with Crippen molar-refractivity contribution >= 4 is 51.6 Å². The minimum atomic E-state index is -4.71. The zero-order chi connectivity index (χ0) is 22.7. The van der Waals surface area contributed by atoms with E-state index in [2.05, 4.69) is 19.1 Å². The average Bonchev–Trinajstić information content (AvgIpc) is 2.67. The summed E-state index contributed by atoms with van der Waals surface area (Å²) in [5, 5.41) is -1.94. The van der Waals surface area contributed by atoms with Crippen LogP contribution in [0.3, 0.4) is 0 Å². The third-order valence-corrected chi connectivity index (χ3v) is 5.99. The molecule has 0 spiro atoms. The van der Waals surface area contributed by atoms with Gasteiger partial charge in [-0.3, -0.25) is 14.1 Å². The summed E-state index contributed by atoms with van der Waals surface area (Å²) in [6.07, 6.45) is 20.0. The first-order chi connectivity index (χ1) is 14.3. The molecule has 0 aromatic rings. The second kappa shape index (κ2) is 21.4. The average molecular weight is 471 g/mol. The Kier molecular flexibility index (Phi) is 22.7. The van der Waals surface area contributed by atoms with E-state index in [1.807, 2.05) is 0 Å². The van der Waals surface area contributed by atoms with E-state index in [1.54, 1.807) is 0 Å². The molecule has 177 valence electrons. The van der Waals surface area contributed by atoms with Crippen molar-refractivity contribution in [1.29, 1.82) is 0 Å². The van der Waals surface area contributed by atoms with Gasteiger partial charge in [0.05, 0.1) is 13.0 Å². The Bertz CT molecular complexity index is 595. The number of rotatable bonds is 20. The third kappa shape index (κ3) is 21.2. The van der Waals surface area contributed by atoms with Gasteiger partial charge in [-0.05, 0) is 32.1 Å². The Morgan fingerprint density at radius 3 is 1.77 bits per heavy atom. The smallest absolute Gasteiger partial charge is 0.327 e. The molecule has 3 N–H and O–H groups in total. The molecule has 31 heavy (non-hydrogen) atoms. The van der Waals surface area contributed by atoms with Crippen LogP contribution in [0.2, 0.25) is 0 Å². The van der Waals surface area contributed by atoms with Crippen LogP contribution in [0.25, 0.3) is 0 Å². The van der Waals surface area contributed by atoms with E-state index in [0.717, 1.165) is 32.1 Å². The van der Waals surface area contributed by atoms with Crippen molar-refractivity contribution in [1.82, 2.24) is 0 Å². The Balaban J connectivity index is 0. The number of ether oxygens (including phenoxy) is 1. The van der Waals surface area contributed by atoms with Gasteiger partial charge in [0, 0.05) is 29.6 Å². The molecular formula is C22H41NNaO6S. The molecule has 0 rings (SSSR count). The van der Waals surface area contributed by atoms with Crippen LogP contribution in [0.4, 0.5) is 0 Å². The van der Waals surface area contributed by atoms with E-state index in [4.69, 9.17) is 15.0 Å². The van der Waals surface area contributed by atoms with Crippen molar-refractivity contribution in [2.75, 3.05) is 6.61 Å². The van der Waals surface area contributed by atoms with E-state index in [9.17, 15) is 18.0 Å². The molecule has 0 aliphatic rings. The molecule has 0 aliphatic carbocycles. The maximum Gasteiger partial charge on any atom is 0.327 e. The predicted molar refractivity (Wildman–Crippen MR) is 125 cm³/mol. The Labute approximate surface area is 211 Å². The first kappa shape index (κ1) is 32.8. The molecule has 0 aliphatic heterocycles. The van der Waals surface area contributed by atoms with Crippen LogP contribution in [0, 0.1) is 0 Å². The molecule has 0 saturated heterocycles. The van der Waals surface area contributed by atoms with Crippen LogP contribution < -0.4 is 5.73 Å². The van der Waals surface area contributed by atoms with Crippen LogP contribution in [-0.2, 0) is 24.4 Å². The number of hydrogen-bond donors (Lipinski definition) is 2. The largest absolute Gasteiger partial charge is 0.465 e. The minimum Gasteiger partial charge on any atom is -0.465 e. The number of carbonyl (C=O) groups excluding carboxylic acids is 2. The van der Waals surface area contributed by atoms with E-state index in [0.29, 0.717) is 6.42 Å². The number of allylic oxidation sites excluding steroid dienone is 2. The van der Waals surface area contributed by atoms with Crippen molar-refractivity contribution < 1.29 is 27.3 Å². The quantitative estimate of drug-likeness (QED) is 0.0898. The topological polar surface area (TPSA) is 124 Å². The van der Waals surface area contributed by atoms with Gasteiger partial charge in [-0.1, -0.05) is 76.9 Å².